The van der Waals surface area contributed by atoms with E-state index < -0.39 is 0 Å². The van der Waals surface area contributed by atoms with Crippen molar-refractivity contribution in [1.82, 2.24) is 15.2 Å². The molecular formula is C13H19N3O2. The van der Waals surface area contributed by atoms with Crippen LogP contribution in [0.1, 0.15) is 35.0 Å². The lowest BCUT2D eigenvalue weighted by Crippen LogP contribution is -2.41. The minimum absolute atomic E-state index is 0.00991. The lowest BCUT2D eigenvalue weighted by atomic mass is 9.94. The first-order valence-electron chi connectivity index (χ1n) is 6.62. The van der Waals surface area contributed by atoms with E-state index in [9.17, 15) is 4.79 Å². The van der Waals surface area contributed by atoms with Gasteiger partial charge in [0.15, 0.2) is 5.89 Å². The summed E-state index contributed by atoms with van der Waals surface area (Å²) in [5.41, 5.74) is 0.695. The van der Waals surface area contributed by atoms with Crippen LogP contribution in [0, 0.1) is 19.8 Å². The Bertz CT molecular complexity index is 455. The number of rotatable bonds is 1. The molecule has 2 aliphatic rings. The number of carbonyl (C=O) groups is 1. The van der Waals surface area contributed by atoms with Crippen LogP contribution in [-0.2, 0) is 0 Å². The monoisotopic (exact) mass is 249 g/mol. The van der Waals surface area contributed by atoms with Gasteiger partial charge in [-0.25, -0.2) is 4.98 Å². The van der Waals surface area contributed by atoms with E-state index in [1.807, 2.05) is 11.8 Å². The number of nitrogens with zero attached hydrogens (tertiary/aromatic N) is 2. The summed E-state index contributed by atoms with van der Waals surface area (Å²) in [6.45, 7) is 6.31. The van der Waals surface area contributed by atoms with Gasteiger partial charge < -0.3 is 14.6 Å². The molecule has 0 radical (unpaired) electrons. The Balaban J connectivity index is 1.76. The number of piperidine rings is 1. The molecule has 0 bridgehead atoms. The van der Waals surface area contributed by atoms with E-state index in [0.29, 0.717) is 29.3 Å². The highest BCUT2D eigenvalue weighted by Gasteiger charge is 2.37. The fourth-order valence-electron chi connectivity index (χ4n) is 3.09. The number of likely N-dealkylation sites (tertiary alicyclic amines) is 1. The molecule has 0 aliphatic carbocycles. The van der Waals surface area contributed by atoms with E-state index in [0.717, 1.165) is 19.6 Å². The summed E-state index contributed by atoms with van der Waals surface area (Å²) in [5, 5.41) is 3.50. The minimum atomic E-state index is -0.00991. The molecule has 2 aliphatic heterocycles. The molecule has 3 heterocycles. The number of carbonyl (C=O) groups excluding carboxylic acids is 1. The fraction of sp³-hybridized carbons (Fsp3) is 0.692. The summed E-state index contributed by atoms with van der Waals surface area (Å²) in [5.74, 6) is 1.56. The van der Waals surface area contributed by atoms with Gasteiger partial charge in [0.05, 0.1) is 5.69 Å². The summed E-state index contributed by atoms with van der Waals surface area (Å²) in [6, 6.07) is 0.465. The summed E-state index contributed by atoms with van der Waals surface area (Å²) in [7, 11) is 0. The molecule has 1 N–H and O–H groups in total. The molecular weight excluding hydrogens is 230 g/mol. The molecule has 0 aromatic carbocycles. The van der Waals surface area contributed by atoms with Gasteiger partial charge in [0, 0.05) is 26.1 Å². The molecule has 2 fully saturated rings. The zero-order chi connectivity index (χ0) is 12.7. The van der Waals surface area contributed by atoms with E-state index in [-0.39, 0.29) is 5.91 Å². The van der Waals surface area contributed by atoms with E-state index >= 15 is 0 Å². The van der Waals surface area contributed by atoms with Crippen LogP contribution in [0.5, 0.6) is 0 Å². The lowest BCUT2D eigenvalue weighted by molar-refractivity contribution is 0.0751. The molecule has 2 saturated heterocycles. The van der Waals surface area contributed by atoms with Crippen LogP contribution in [0.3, 0.4) is 0 Å². The summed E-state index contributed by atoms with van der Waals surface area (Å²) < 4.78 is 5.42. The Morgan fingerprint density at radius 2 is 2.28 bits per heavy atom. The second-order valence-corrected chi connectivity index (χ2v) is 5.32. The predicted molar refractivity (Wildman–Crippen MR) is 66.4 cm³/mol. The number of hydrogen-bond donors (Lipinski definition) is 1. The molecule has 5 heteroatoms. The molecule has 98 valence electrons. The van der Waals surface area contributed by atoms with Gasteiger partial charge in [-0.2, -0.15) is 0 Å². The molecule has 0 saturated carbocycles. The number of aryl methyl sites for hydroxylation is 2. The zero-order valence-corrected chi connectivity index (χ0v) is 10.9. The van der Waals surface area contributed by atoms with E-state index in [4.69, 9.17) is 4.42 Å². The standard InChI is InChI=1S/C13H19N3O2/c1-8-12(18-9(2)15-8)13(17)16-6-10-4-3-5-14-11(10)7-16/h10-11,14H,3-7H2,1-2H3. The molecule has 3 rings (SSSR count). The number of hydrogen-bond acceptors (Lipinski definition) is 4. The van der Waals surface area contributed by atoms with Crippen LogP contribution < -0.4 is 5.32 Å². The quantitative estimate of drug-likeness (QED) is 0.810. The van der Waals surface area contributed by atoms with Crippen molar-refractivity contribution < 1.29 is 9.21 Å². The maximum atomic E-state index is 12.4. The van der Waals surface area contributed by atoms with Gasteiger partial charge >= 0.3 is 0 Å². The van der Waals surface area contributed by atoms with E-state index in [2.05, 4.69) is 10.3 Å². The Morgan fingerprint density at radius 3 is 2.94 bits per heavy atom. The molecule has 0 spiro atoms. The maximum absolute atomic E-state index is 12.4. The molecule has 1 aromatic heterocycles. The third-order valence-electron chi connectivity index (χ3n) is 3.98. The van der Waals surface area contributed by atoms with Crippen LogP contribution >= 0.6 is 0 Å². The Labute approximate surface area is 107 Å². The van der Waals surface area contributed by atoms with Gasteiger partial charge in [-0.1, -0.05) is 0 Å². The van der Waals surface area contributed by atoms with Crippen molar-refractivity contribution in [2.45, 2.75) is 32.7 Å². The van der Waals surface area contributed by atoms with Gasteiger partial charge in [-0.3, -0.25) is 4.79 Å². The summed E-state index contributed by atoms with van der Waals surface area (Å²) in [4.78, 5) is 18.5. The average molecular weight is 249 g/mol. The SMILES string of the molecule is Cc1nc(C)c(C(=O)N2CC3CCCNC3C2)o1. The normalized spacial score (nSPS) is 27.3. The van der Waals surface area contributed by atoms with E-state index in [1.54, 1.807) is 6.92 Å². The Kier molecular flexibility index (Phi) is 2.86. The molecule has 18 heavy (non-hydrogen) atoms. The van der Waals surface area contributed by atoms with Crippen molar-refractivity contribution in [3.63, 3.8) is 0 Å². The molecule has 1 aromatic rings. The van der Waals surface area contributed by atoms with Crippen LogP contribution in [0.15, 0.2) is 4.42 Å². The predicted octanol–water partition coefficient (Wildman–Crippen LogP) is 1.12. The van der Waals surface area contributed by atoms with E-state index in [1.165, 1.54) is 12.8 Å². The van der Waals surface area contributed by atoms with Gasteiger partial charge in [0.2, 0.25) is 5.76 Å². The molecule has 2 atom stereocenters. The van der Waals surface area contributed by atoms with Crippen molar-refractivity contribution in [1.29, 1.82) is 0 Å². The summed E-state index contributed by atoms with van der Waals surface area (Å²) in [6.07, 6.45) is 2.43. The Morgan fingerprint density at radius 1 is 1.44 bits per heavy atom. The molecule has 1 amide bonds. The molecule has 2 unspecified atom stereocenters. The number of fused-ring (bicyclic) bond motifs is 1. The summed E-state index contributed by atoms with van der Waals surface area (Å²) >= 11 is 0. The van der Waals surface area contributed by atoms with Crippen molar-refractivity contribution in [2.24, 2.45) is 5.92 Å². The lowest BCUT2D eigenvalue weighted by Gasteiger charge is -2.24. The van der Waals surface area contributed by atoms with Gasteiger partial charge in [0.1, 0.15) is 0 Å². The second kappa shape index (κ2) is 4.39. The zero-order valence-electron chi connectivity index (χ0n) is 10.9. The van der Waals surface area contributed by atoms with Gasteiger partial charge in [0.25, 0.3) is 5.91 Å². The van der Waals surface area contributed by atoms with Crippen LogP contribution in [-0.4, -0.2) is 41.5 Å². The van der Waals surface area contributed by atoms with Crippen molar-refractivity contribution in [3.8, 4) is 0 Å². The first-order chi connectivity index (χ1) is 8.65. The van der Waals surface area contributed by atoms with Gasteiger partial charge in [-0.15, -0.1) is 0 Å². The Hall–Kier alpha value is -1.36. The van der Waals surface area contributed by atoms with Crippen LogP contribution in [0.2, 0.25) is 0 Å². The first kappa shape index (κ1) is 11.7. The number of aromatic nitrogens is 1. The van der Waals surface area contributed by atoms with Crippen LogP contribution in [0.4, 0.5) is 0 Å². The maximum Gasteiger partial charge on any atom is 0.291 e. The number of amides is 1. The number of oxazole rings is 1. The first-order valence-corrected chi connectivity index (χ1v) is 6.62. The highest BCUT2D eigenvalue weighted by molar-refractivity contribution is 5.92. The van der Waals surface area contributed by atoms with Crippen molar-refractivity contribution in [2.75, 3.05) is 19.6 Å². The number of nitrogens with one attached hydrogen (secondary N) is 1. The van der Waals surface area contributed by atoms with Crippen molar-refractivity contribution in [3.05, 3.63) is 17.3 Å². The fourth-order valence-corrected chi connectivity index (χ4v) is 3.09. The van der Waals surface area contributed by atoms with Crippen molar-refractivity contribution >= 4 is 5.91 Å². The third-order valence-corrected chi connectivity index (χ3v) is 3.98. The van der Waals surface area contributed by atoms with Crippen LogP contribution in [0.25, 0.3) is 0 Å². The minimum Gasteiger partial charge on any atom is -0.436 e. The smallest absolute Gasteiger partial charge is 0.291 e. The third kappa shape index (κ3) is 1.92. The topological polar surface area (TPSA) is 58.4 Å². The second-order valence-electron chi connectivity index (χ2n) is 5.32. The largest absolute Gasteiger partial charge is 0.436 e. The average Bonchev–Trinajstić information content (AvgIpc) is 2.91. The highest BCUT2D eigenvalue weighted by Crippen LogP contribution is 2.26. The van der Waals surface area contributed by atoms with Gasteiger partial charge in [-0.05, 0) is 32.2 Å². The molecule has 5 nitrogen and oxygen atoms in total. The highest BCUT2D eigenvalue weighted by atomic mass is 16.4.